The molecule has 10 nitrogen and oxygen atoms in total. The van der Waals surface area contributed by atoms with Gasteiger partial charge in [-0.3, -0.25) is 18.8 Å². The van der Waals surface area contributed by atoms with E-state index in [9.17, 15) is 18.4 Å². The van der Waals surface area contributed by atoms with Gasteiger partial charge in [0.1, 0.15) is 0 Å². The average molecular weight is 509 g/mol. The summed E-state index contributed by atoms with van der Waals surface area (Å²) in [5, 5.41) is 15.0. The number of hydrogen-bond donors (Lipinski definition) is 2. The zero-order valence-corrected chi connectivity index (χ0v) is 20.2. The number of nitrogens with one attached hydrogen (secondary N) is 2. The number of fused-ring (bicyclic) bond motifs is 1. The van der Waals surface area contributed by atoms with Crippen molar-refractivity contribution in [2.24, 2.45) is 7.05 Å². The van der Waals surface area contributed by atoms with Crippen molar-refractivity contribution in [3.63, 3.8) is 0 Å². The maximum atomic E-state index is 13.7. The van der Waals surface area contributed by atoms with Gasteiger partial charge >= 0.3 is 5.69 Å². The second-order valence-corrected chi connectivity index (χ2v) is 8.88. The van der Waals surface area contributed by atoms with E-state index in [2.05, 4.69) is 30.7 Å². The highest BCUT2D eigenvalue weighted by atomic mass is 19.2. The summed E-state index contributed by atoms with van der Waals surface area (Å²) >= 11 is 0. The van der Waals surface area contributed by atoms with E-state index in [0.29, 0.717) is 11.1 Å². The highest BCUT2D eigenvalue weighted by molar-refractivity contribution is 5.71. The van der Waals surface area contributed by atoms with E-state index < -0.39 is 22.9 Å². The van der Waals surface area contributed by atoms with Crippen molar-refractivity contribution in [2.75, 3.05) is 44.6 Å². The molecule has 1 saturated heterocycles. The van der Waals surface area contributed by atoms with Crippen LogP contribution in [0.25, 0.3) is 22.6 Å². The average Bonchev–Trinajstić information content (AvgIpc) is 2.92. The van der Waals surface area contributed by atoms with Gasteiger partial charge in [0.15, 0.2) is 28.6 Å². The van der Waals surface area contributed by atoms with Crippen LogP contribution >= 0.6 is 0 Å². The van der Waals surface area contributed by atoms with Gasteiger partial charge in [0.2, 0.25) is 0 Å². The largest absolute Gasteiger partial charge is 0.384 e. The van der Waals surface area contributed by atoms with Crippen LogP contribution in [-0.2, 0) is 13.6 Å². The highest BCUT2D eigenvalue weighted by Gasteiger charge is 2.17. The number of anilines is 1. The Morgan fingerprint density at radius 3 is 2.49 bits per heavy atom. The molecule has 192 valence electrons. The molecule has 2 aromatic carbocycles. The Labute approximate surface area is 210 Å². The number of nitrogens with zero attached hydrogens (tertiary/aromatic N) is 6. The Morgan fingerprint density at radius 2 is 1.76 bits per heavy atom. The van der Waals surface area contributed by atoms with Crippen LogP contribution in [0.5, 0.6) is 0 Å². The summed E-state index contributed by atoms with van der Waals surface area (Å²) < 4.78 is 29.1. The monoisotopic (exact) mass is 508 g/mol. The third-order valence-electron chi connectivity index (χ3n) is 6.38. The molecule has 1 aliphatic heterocycles. The molecule has 0 spiro atoms. The molecule has 12 heteroatoms. The van der Waals surface area contributed by atoms with Gasteiger partial charge in [-0.15, -0.1) is 10.2 Å². The lowest BCUT2D eigenvalue weighted by Crippen LogP contribution is -2.45. The Kier molecular flexibility index (Phi) is 7.01. The summed E-state index contributed by atoms with van der Waals surface area (Å²) in [6.07, 6.45) is 0. The third-order valence-corrected chi connectivity index (χ3v) is 6.38. The minimum absolute atomic E-state index is 0.0345. The van der Waals surface area contributed by atoms with Crippen molar-refractivity contribution in [1.82, 2.24) is 34.5 Å². The van der Waals surface area contributed by atoms with Crippen LogP contribution in [0.3, 0.4) is 0 Å². The van der Waals surface area contributed by atoms with Gasteiger partial charge < -0.3 is 10.6 Å². The summed E-state index contributed by atoms with van der Waals surface area (Å²) in [4.78, 5) is 32.4. The zero-order chi connectivity index (χ0) is 25.9. The molecule has 37 heavy (non-hydrogen) atoms. The lowest BCUT2D eigenvalue weighted by atomic mass is 10.2. The number of halogens is 2. The molecule has 2 aromatic heterocycles. The van der Waals surface area contributed by atoms with Crippen molar-refractivity contribution in [3.8, 4) is 11.4 Å². The van der Waals surface area contributed by atoms with Gasteiger partial charge in [-0.2, -0.15) is 0 Å². The molecule has 0 atom stereocenters. The summed E-state index contributed by atoms with van der Waals surface area (Å²) in [5.41, 5.74) is 0.560. The number of benzene rings is 2. The summed E-state index contributed by atoms with van der Waals surface area (Å²) in [5.74, 6) is -1.80. The Hall–Kier alpha value is -4.03. The molecule has 2 N–H and O–H groups in total. The van der Waals surface area contributed by atoms with Crippen molar-refractivity contribution in [2.45, 2.75) is 6.54 Å². The molecule has 0 saturated carbocycles. The number of aromatic nitrogens is 5. The molecule has 0 unspecified atom stereocenters. The van der Waals surface area contributed by atoms with E-state index in [-0.39, 0.29) is 23.5 Å². The standard InChI is InChI=1S/C25H26F2N8O2/c1-33-24(36)21-23(35(25(33)37)15-16-2-7-19(26)20(27)14-16)32-31-22(30-21)17-3-5-18(6-4-17)29-10-13-34-11-8-28-9-12-34/h2-7,14,28-29H,8-13,15H2,1H3. The zero-order valence-electron chi connectivity index (χ0n) is 20.2. The first-order chi connectivity index (χ1) is 17.9. The van der Waals surface area contributed by atoms with Gasteiger partial charge in [-0.25, -0.2) is 18.6 Å². The Balaban J connectivity index is 1.39. The summed E-state index contributed by atoms with van der Waals surface area (Å²) in [7, 11) is 1.33. The van der Waals surface area contributed by atoms with E-state index in [0.717, 1.165) is 61.7 Å². The van der Waals surface area contributed by atoms with E-state index in [1.807, 2.05) is 24.3 Å². The highest BCUT2D eigenvalue weighted by Crippen LogP contribution is 2.19. The quantitative estimate of drug-likeness (QED) is 0.383. The van der Waals surface area contributed by atoms with E-state index in [1.54, 1.807) is 0 Å². The van der Waals surface area contributed by atoms with Crippen molar-refractivity contribution >= 4 is 16.9 Å². The number of hydrogen-bond acceptors (Lipinski definition) is 8. The van der Waals surface area contributed by atoms with Gasteiger partial charge in [0.05, 0.1) is 6.54 Å². The number of rotatable bonds is 7. The second-order valence-electron chi connectivity index (χ2n) is 8.88. The molecule has 5 rings (SSSR count). The lowest BCUT2D eigenvalue weighted by molar-refractivity contribution is 0.249. The molecule has 0 radical (unpaired) electrons. The SMILES string of the molecule is Cn1c(=O)c2nc(-c3ccc(NCCN4CCNCC4)cc3)nnc2n(Cc2ccc(F)c(F)c2)c1=O. The van der Waals surface area contributed by atoms with Crippen LogP contribution in [0.4, 0.5) is 14.5 Å². The smallest absolute Gasteiger partial charge is 0.332 e. The van der Waals surface area contributed by atoms with Crippen LogP contribution in [0.1, 0.15) is 5.56 Å². The first kappa shape index (κ1) is 24.7. The third kappa shape index (κ3) is 5.25. The number of piperazine rings is 1. The predicted octanol–water partition coefficient (Wildman–Crippen LogP) is 1.20. The normalized spacial score (nSPS) is 14.2. The molecule has 0 aliphatic carbocycles. The van der Waals surface area contributed by atoms with E-state index >= 15 is 0 Å². The molecular formula is C25H26F2N8O2. The van der Waals surface area contributed by atoms with Crippen molar-refractivity contribution in [1.29, 1.82) is 0 Å². The van der Waals surface area contributed by atoms with Crippen molar-refractivity contribution < 1.29 is 8.78 Å². The minimum atomic E-state index is -1.03. The molecule has 0 bridgehead atoms. The molecular weight excluding hydrogens is 482 g/mol. The maximum absolute atomic E-state index is 13.7. The summed E-state index contributed by atoms with van der Waals surface area (Å²) in [6, 6.07) is 10.8. The first-order valence-corrected chi connectivity index (χ1v) is 12.0. The van der Waals surface area contributed by atoms with Crippen LogP contribution < -0.4 is 21.9 Å². The molecule has 3 heterocycles. The fraction of sp³-hybridized carbons (Fsp3) is 0.320. The maximum Gasteiger partial charge on any atom is 0.332 e. The van der Waals surface area contributed by atoms with Crippen LogP contribution in [-0.4, -0.2) is 68.5 Å². The predicted molar refractivity (Wildman–Crippen MR) is 136 cm³/mol. The Bertz CT molecular complexity index is 1550. The van der Waals surface area contributed by atoms with E-state index in [4.69, 9.17) is 0 Å². The second kappa shape index (κ2) is 10.5. The fourth-order valence-electron chi connectivity index (χ4n) is 4.28. The topological polar surface area (TPSA) is 110 Å². The minimum Gasteiger partial charge on any atom is -0.384 e. The van der Waals surface area contributed by atoms with Gasteiger partial charge in [0, 0.05) is 57.6 Å². The first-order valence-electron chi connectivity index (χ1n) is 12.0. The summed E-state index contributed by atoms with van der Waals surface area (Å²) in [6.45, 7) is 5.75. The Morgan fingerprint density at radius 1 is 1.00 bits per heavy atom. The fourth-order valence-corrected chi connectivity index (χ4v) is 4.28. The lowest BCUT2D eigenvalue weighted by Gasteiger charge is -2.27. The van der Waals surface area contributed by atoms with Gasteiger partial charge in [-0.1, -0.05) is 6.07 Å². The van der Waals surface area contributed by atoms with Crippen LogP contribution in [0.15, 0.2) is 52.1 Å². The molecule has 1 fully saturated rings. The van der Waals surface area contributed by atoms with Gasteiger partial charge in [0.25, 0.3) is 5.56 Å². The van der Waals surface area contributed by atoms with Crippen molar-refractivity contribution in [3.05, 3.63) is 80.5 Å². The molecule has 1 aliphatic rings. The van der Waals surface area contributed by atoms with E-state index in [1.165, 1.54) is 17.7 Å². The van der Waals surface area contributed by atoms with Crippen LogP contribution in [0, 0.1) is 11.6 Å². The van der Waals surface area contributed by atoms with Gasteiger partial charge in [-0.05, 0) is 42.0 Å². The molecule has 0 amide bonds. The van der Waals surface area contributed by atoms with Crippen LogP contribution in [0.2, 0.25) is 0 Å². The molecule has 4 aromatic rings.